The van der Waals surface area contributed by atoms with Crippen LogP contribution in [0.25, 0.3) is 0 Å². The van der Waals surface area contributed by atoms with Crippen molar-refractivity contribution < 1.29 is 4.79 Å². The van der Waals surface area contributed by atoms with Gasteiger partial charge in [0.25, 0.3) is 0 Å². The van der Waals surface area contributed by atoms with E-state index in [-0.39, 0.29) is 5.91 Å². The molecule has 1 aliphatic heterocycles. The quantitative estimate of drug-likeness (QED) is 0.569. The molecule has 17 heavy (non-hydrogen) atoms. The van der Waals surface area contributed by atoms with E-state index >= 15 is 0 Å². The number of nitrogens with zero attached hydrogens (tertiary/aromatic N) is 2. The van der Waals surface area contributed by atoms with Gasteiger partial charge in [0.2, 0.25) is 5.91 Å². The molecule has 0 radical (unpaired) electrons. The summed E-state index contributed by atoms with van der Waals surface area (Å²) < 4.78 is 5.55. The third kappa shape index (κ3) is 6.81. The minimum atomic E-state index is 0.203. The Kier molecular flexibility index (Phi) is 8.55. The maximum atomic E-state index is 11.2. The standard InChI is InChI=1S/C10H21N3OS3/c1-10(14)12-4-6-13(7-5-12)17-9-3-8-16-11-15-2/h11H,3-9H2,1-2H3. The molecule has 0 atom stereocenters. The molecule has 0 aromatic rings. The zero-order chi connectivity index (χ0) is 12.5. The summed E-state index contributed by atoms with van der Waals surface area (Å²) in [7, 11) is 0. The van der Waals surface area contributed by atoms with Crippen molar-refractivity contribution in [3.63, 3.8) is 0 Å². The summed E-state index contributed by atoms with van der Waals surface area (Å²) in [5, 5.41) is 0. The molecule has 1 N–H and O–H groups in total. The van der Waals surface area contributed by atoms with Gasteiger partial charge in [-0.3, -0.25) is 4.79 Å². The van der Waals surface area contributed by atoms with Gasteiger partial charge in [0, 0.05) is 44.6 Å². The summed E-state index contributed by atoms with van der Waals surface area (Å²) in [5.74, 6) is 2.53. The van der Waals surface area contributed by atoms with Gasteiger partial charge in [-0.1, -0.05) is 35.8 Å². The second-order valence-electron chi connectivity index (χ2n) is 3.76. The maximum absolute atomic E-state index is 11.2. The monoisotopic (exact) mass is 295 g/mol. The van der Waals surface area contributed by atoms with Gasteiger partial charge >= 0.3 is 0 Å². The molecular weight excluding hydrogens is 274 g/mol. The fraction of sp³-hybridized carbons (Fsp3) is 0.900. The van der Waals surface area contributed by atoms with Gasteiger partial charge in [-0.2, -0.15) is 0 Å². The highest BCUT2D eigenvalue weighted by Gasteiger charge is 2.18. The van der Waals surface area contributed by atoms with Crippen LogP contribution < -0.4 is 4.13 Å². The average Bonchev–Trinajstić information content (AvgIpc) is 2.34. The van der Waals surface area contributed by atoms with Crippen LogP contribution in [-0.2, 0) is 4.79 Å². The van der Waals surface area contributed by atoms with E-state index in [1.807, 2.05) is 23.1 Å². The van der Waals surface area contributed by atoms with Gasteiger partial charge in [-0.05, 0) is 12.7 Å². The second-order valence-corrected chi connectivity index (χ2v) is 6.71. The summed E-state index contributed by atoms with van der Waals surface area (Å²) in [6.45, 7) is 5.41. The van der Waals surface area contributed by atoms with Crippen LogP contribution in [0.4, 0.5) is 0 Å². The molecule has 0 aromatic carbocycles. The molecule has 1 fully saturated rings. The van der Waals surface area contributed by atoms with Crippen molar-refractivity contribution in [2.45, 2.75) is 13.3 Å². The molecule has 0 saturated carbocycles. The zero-order valence-corrected chi connectivity index (χ0v) is 12.9. The van der Waals surface area contributed by atoms with Crippen molar-refractivity contribution in [2.24, 2.45) is 0 Å². The molecule has 1 heterocycles. The Balaban J connectivity index is 1.97. The Morgan fingerprint density at radius 2 is 1.94 bits per heavy atom. The highest BCUT2D eigenvalue weighted by Crippen LogP contribution is 2.15. The van der Waals surface area contributed by atoms with Crippen molar-refractivity contribution in [1.82, 2.24) is 13.3 Å². The Morgan fingerprint density at radius 1 is 1.24 bits per heavy atom. The Morgan fingerprint density at radius 3 is 2.53 bits per heavy atom. The maximum Gasteiger partial charge on any atom is 0.219 e. The topological polar surface area (TPSA) is 35.6 Å². The van der Waals surface area contributed by atoms with Gasteiger partial charge in [-0.25, -0.2) is 8.43 Å². The van der Waals surface area contributed by atoms with Crippen molar-refractivity contribution in [3.05, 3.63) is 0 Å². The lowest BCUT2D eigenvalue weighted by atomic mass is 10.3. The highest BCUT2D eigenvalue weighted by molar-refractivity contribution is 8.12. The van der Waals surface area contributed by atoms with E-state index in [4.69, 9.17) is 0 Å². The van der Waals surface area contributed by atoms with Gasteiger partial charge in [0.05, 0.1) is 0 Å². The third-order valence-electron chi connectivity index (χ3n) is 2.49. The minimum Gasteiger partial charge on any atom is -0.340 e. The molecule has 0 aromatic heterocycles. The number of hydrogen-bond acceptors (Lipinski definition) is 6. The van der Waals surface area contributed by atoms with E-state index in [0.29, 0.717) is 0 Å². The summed E-state index contributed by atoms with van der Waals surface area (Å²) in [5.41, 5.74) is 0. The molecule has 0 bridgehead atoms. The van der Waals surface area contributed by atoms with E-state index in [2.05, 4.69) is 8.43 Å². The van der Waals surface area contributed by atoms with Crippen LogP contribution >= 0.6 is 35.8 Å². The number of rotatable bonds is 7. The molecule has 0 aliphatic carbocycles. The Bertz CT molecular complexity index is 223. The molecule has 0 unspecified atom stereocenters. The van der Waals surface area contributed by atoms with Crippen LogP contribution in [0.1, 0.15) is 13.3 Å². The SMILES string of the molecule is CSNSCCCSN1CCN(C(C)=O)CC1. The molecule has 1 aliphatic rings. The number of carbonyl (C=O) groups excluding carboxylic acids is 1. The fourth-order valence-electron chi connectivity index (χ4n) is 1.56. The first kappa shape index (κ1) is 15.5. The Hall–Kier alpha value is 0.440. The number of carbonyl (C=O) groups is 1. The zero-order valence-electron chi connectivity index (χ0n) is 10.5. The number of nitrogens with one attached hydrogen (secondary N) is 1. The van der Waals surface area contributed by atoms with Crippen LogP contribution in [0.2, 0.25) is 0 Å². The predicted octanol–water partition coefficient (Wildman–Crippen LogP) is 1.70. The lowest BCUT2D eigenvalue weighted by molar-refractivity contribution is -0.129. The molecule has 1 amide bonds. The summed E-state index contributed by atoms with van der Waals surface area (Å²) >= 11 is 5.34. The minimum absolute atomic E-state index is 0.203. The van der Waals surface area contributed by atoms with Crippen LogP contribution in [0.15, 0.2) is 0 Å². The predicted molar refractivity (Wildman–Crippen MR) is 80.0 cm³/mol. The van der Waals surface area contributed by atoms with Gasteiger partial charge in [0.1, 0.15) is 0 Å². The first-order valence-electron chi connectivity index (χ1n) is 5.77. The molecular formula is C10H21N3OS3. The lowest BCUT2D eigenvalue weighted by Crippen LogP contribution is -2.45. The van der Waals surface area contributed by atoms with Gasteiger partial charge < -0.3 is 4.90 Å². The van der Waals surface area contributed by atoms with Gasteiger partial charge in [-0.15, -0.1) is 0 Å². The lowest BCUT2D eigenvalue weighted by Gasteiger charge is -2.33. The van der Waals surface area contributed by atoms with E-state index < -0.39 is 0 Å². The first-order valence-corrected chi connectivity index (χ1v) is 8.92. The van der Waals surface area contributed by atoms with Crippen molar-refractivity contribution in [3.8, 4) is 0 Å². The molecule has 4 nitrogen and oxygen atoms in total. The van der Waals surface area contributed by atoms with Gasteiger partial charge in [0.15, 0.2) is 0 Å². The number of piperazine rings is 1. The fourth-order valence-corrected chi connectivity index (χ4v) is 3.79. The first-order chi connectivity index (χ1) is 8.24. The molecule has 1 saturated heterocycles. The summed E-state index contributed by atoms with van der Waals surface area (Å²) in [4.78, 5) is 13.1. The van der Waals surface area contributed by atoms with Crippen LogP contribution in [-0.4, -0.2) is 59.1 Å². The van der Waals surface area contributed by atoms with Crippen LogP contribution in [0.3, 0.4) is 0 Å². The molecule has 100 valence electrons. The van der Waals surface area contributed by atoms with Crippen LogP contribution in [0, 0.1) is 0 Å². The summed E-state index contributed by atoms with van der Waals surface area (Å²) in [6, 6.07) is 0. The largest absolute Gasteiger partial charge is 0.340 e. The van der Waals surface area contributed by atoms with E-state index in [9.17, 15) is 4.79 Å². The number of hydrogen-bond donors (Lipinski definition) is 1. The summed E-state index contributed by atoms with van der Waals surface area (Å²) in [6.07, 6.45) is 3.26. The van der Waals surface area contributed by atoms with E-state index in [0.717, 1.165) is 31.9 Å². The smallest absolute Gasteiger partial charge is 0.219 e. The molecule has 7 heteroatoms. The molecule has 1 rings (SSSR count). The van der Waals surface area contributed by atoms with Crippen molar-refractivity contribution >= 4 is 41.8 Å². The number of amides is 1. The van der Waals surface area contributed by atoms with E-state index in [1.165, 1.54) is 12.2 Å². The third-order valence-corrected chi connectivity index (χ3v) is 5.32. The average molecular weight is 295 g/mol. The Labute approximate surface area is 117 Å². The highest BCUT2D eigenvalue weighted by atomic mass is 32.2. The van der Waals surface area contributed by atoms with Crippen LogP contribution in [0.5, 0.6) is 0 Å². The second kappa shape index (κ2) is 9.38. The normalized spacial score (nSPS) is 17.4. The van der Waals surface area contributed by atoms with Crippen molar-refractivity contribution in [2.75, 3.05) is 43.9 Å². The van der Waals surface area contributed by atoms with Crippen molar-refractivity contribution in [1.29, 1.82) is 0 Å². The molecule has 0 spiro atoms. The van der Waals surface area contributed by atoms with E-state index in [1.54, 1.807) is 30.8 Å².